The maximum Gasteiger partial charge on any atom is -0.00874 e. The molecule has 0 N–H and O–H groups in total. The third kappa shape index (κ3) is 2.40. The van der Waals surface area contributed by atoms with Gasteiger partial charge >= 0.3 is 0 Å². The molecule has 4 rings (SSSR count). The van der Waals surface area contributed by atoms with E-state index in [-0.39, 0.29) is 0 Å². The van der Waals surface area contributed by atoms with Crippen LogP contribution in [0.3, 0.4) is 0 Å². The van der Waals surface area contributed by atoms with E-state index in [1.165, 1.54) is 26.7 Å². The first kappa shape index (κ1) is 15.0. The van der Waals surface area contributed by atoms with Crippen molar-refractivity contribution in [2.75, 3.05) is 0 Å². The van der Waals surface area contributed by atoms with Crippen LogP contribution in [-0.4, -0.2) is 6.30 Å². The zero-order valence-corrected chi connectivity index (χ0v) is 14.4. The van der Waals surface area contributed by atoms with Crippen molar-refractivity contribution in [2.24, 2.45) is 0 Å². The Labute approximate surface area is 143 Å². The molecule has 0 fully saturated rings. The smallest absolute Gasteiger partial charge is 0.00874 e. The van der Waals surface area contributed by atoms with E-state index in [2.05, 4.69) is 103 Å². The molecule has 0 bridgehead atoms. The predicted molar refractivity (Wildman–Crippen MR) is 110 cm³/mol. The average molecular weight is 326 g/mol. The number of fused-ring (bicyclic) bond motifs is 1. The summed E-state index contributed by atoms with van der Waals surface area (Å²) in [5.74, 6) is 0. The number of rotatable bonds is 3. The summed E-state index contributed by atoms with van der Waals surface area (Å²) in [7, 11) is 0. The Bertz CT molecular complexity index is 969. The molecule has 4 aromatic rings. The molecular weight excluding hydrogens is 307 g/mol. The van der Waals surface area contributed by atoms with Crippen molar-refractivity contribution in [3.05, 3.63) is 103 Å². The minimum absolute atomic E-state index is 1.27. The van der Waals surface area contributed by atoms with Gasteiger partial charge in [0.1, 0.15) is 0 Å². The third-order valence-corrected chi connectivity index (χ3v) is 8.14. The lowest BCUT2D eigenvalue weighted by Gasteiger charge is -2.28. The Hall–Kier alpha value is -2.56. The molecule has 0 radical (unpaired) electrons. The van der Waals surface area contributed by atoms with Crippen molar-refractivity contribution in [3.8, 4) is 0 Å². The second kappa shape index (κ2) is 6.15. The van der Waals surface area contributed by atoms with Crippen LogP contribution >= 0.6 is 6.89 Å². The van der Waals surface area contributed by atoms with Crippen LogP contribution in [0.15, 0.2) is 103 Å². The highest BCUT2D eigenvalue weighted by molar-refractivity contribution is 7.93. The number of hydrogen-bond donors (Lipinski definition) is 0. The highest BCUT2D eigenvalue weighted by Crippen LogP contribution is 2.43. The predicted octanol–water partition coefficient (Wildman–Crippen LogP) is 4.57. The minimum Gasteiger partial charge on any atom is -0.0887 e. The first-order valence-corrected chi connectivity index (χ1v) is 10.1. The van der Waals surface area contributed by atoms with Crippen LogP contribution in [0.1, 0.15) is 0 Å². The Morgan fingerprint density at radius 1 is 0.500 bits per heavy atom. The van der Waals surface area contributed by atoms with E-state index in [0.717, 1.165) is 0 Å². The maximum absolute atomic E-state index is 4.84. The summed E-state index contributed by atoms with van der Waals surface area (Å²) in [6.45, 7) is -1.92. The van der Waals surface area contributed by atoms with Gasteiger partial charge in [-0.1, -0.05) is 109 Å². The topological polar surface area (TPSA) is 0 Å². The molecule has 0 saturated heterocycles. The standard InChI is InChI=1S/C23H19P/c1-24(20-13-4-2-5-14-20,21-15-6-3-7-16-21)23-18-10-12-19-11-8-9-17-22(19)23/h2-18H,1H2. The summed E-state index contributed by atoms with van der Waals surface area (Å²) in [5, 5.41) is 6.55. The molecule has 0 unspecified atom stereocenters. The molecule has 0 aliphatic carbocycles. The first-order valence-electron chi connectivity index (χ1n) is 8.13. The Morgan fingerprint density at radius 2 is 1.00 bits per heavy atom. The van der Waals surface area contributed by atoms with Gasteiger partial charge in [-0.2, -0.15) is 0 Å². The highest BCUT2D eigenvalue weighted by Gasteiger charge is 2.23. The number of hydrogen-bond acceptors (Lipinski definition) is 0. The lowest BCUT2D eigenvalue weighted by atomic mass is 10.1. The van der Waals surface area contributed by atoms with E-state index in [4.69, 9.17) is 6.30 Å². The van der Waals surface area contributed by atoms with Crippen LogP contribution in [0.5, 0.6) is 0 Å². The van der Waals surface area contributed by atoms with E-state index in [1.807, 2.05) is 0 Å². The summed E-state index contributed by atoms with van der Waals surface area (Å²) in [4.78, 5) is 0. The van der Waals surface area contributed by atoms with Gasteiger partial charge in [-0.3, -0.25) is 0 Å². The van der Waals surface area contributed by atoms with Crippen LogP contribution < -0.4 is 15.9 Å². The van der Waals surface area contributed by atoms with Gasteiger partial charge in [-0.15, -0.1) is 0 Å². The van der Waals surface area contributed by atoms with Crippen molar-refractivity contribution < 1.29 is 0 Å². The monoisotopic (exact) mass is 326 g/mol. The third-order valence-electron chi connectivity index (χ3n) is 4.57. The summed E-state index contributed by atoms with van der Waals surface area (Å²) in [6.07, 6.45) is 4.84. The average Bonchev–Trinajstić information content (AvgIpc) is 2.68. The second-order valence-corrected chi connectivity index (χ2v) is 9.11. The maximum atomic E-state index is 4.84. The molecular formula is C23H19P. The van der Waals surface area contributed by atoms with Gasteiger partial charge in [0.05, 0.1) is 0 Å². The van der Waals surface area contributed by atoms with Gasteiger partial charge in [-0.25, -0.2) is 0 Å². The molecule has 4 aromatic carbocycles. The summed E-state index contributed by atoms with van der Waals surface area (Å²) in [6, 6.07) is 36.7. The van der Waals surface area contributed by atoms with Crippen LogP contribution in [0.2, 0.25) is 0 Å². The molecule has 1 heteroatoms. The van der Waals surface area contributed by atoms with Gasteiger partial charge in [-0.05, 0) is 33.6 Å². The Kier molecular flexibility index (Phi) is 3.84. The van der Waals surface area contributed by atoms with Crippen molar-refractivity contribution >= 4 is 39.9 Å². The van der Waals surface area contributed by atoms with E-state index in [9.17, 15) is 0 Å². The molecule has 0 heterocycles. The van der Waals surface area contributed by atoms with E-state index >= 15 is 0 Å². The quantitative estimate of drug-likeness (QED) is 0.484. The molecule has 0 spiro atoms. The van der Waals surface area contributed by atoms with Crippen molar-refractivity contribution in [2.45, 2.75) is 0 Å². The molecule has 24 heavy (non-hydrogen) atoms. The van der Waals surface area contributed by atoms with Crippen molar-refractivity contribution in [1.82, 2.24) is 0 Å². The largest absolute Gasteiger partial charge is 0.0887 e. The van der Waals surface area contributed by atoms with Crippen LogP contribution in [0.4, 0.5) is 0 Å². The van der Waals surface area contributed by atoms with Gasteiger partial charge in [0.2, 0.25) is 0 Å². The Morgan fingerprint density at radius 3 is 1.62 bits per heavy atom. The Balaban J connectivity index is 2.09. The normalized spacial score (nSPS) is 11.5. The zero-order chi connectivity index (χ0) is 16.4. The molecule has 116 valence electrons. The molecule has 0 saturated carbocycles. The fourth-order valence-electron chi connectivity index (χ4n) is 3.33. The van der Waals surface area contributed by atoms with Crippen LogP contribution in [0.25, 0.3) is 10.8 Å². The van der Waals surface area contributed by atoms with Crippen molar-refractivity contribution in [3.63, 3.8) is 0 Å². The SMILES string of the molecule is C=P(c1ccccc1)(c1ccccc1)c1cccc2ccccc12. The first-order chi connectivity index (χ1) is 11.8. The summed E-state index contributed by atoms with van der Waals surface area (Å²) >= 11 is 0. The molecule has 0 amide bonds. The molecule has 0 aliphatic heterocycles. The summed E-state index contributed by atoms with van der Waals surface area (Å²) in [5.41, 5.74) is 0. The van der Waals surface area contributed by atoms with Crippen LogP contribution in [0, 0.1) is 0 Å². The van der Waals surface area contributed by atoms with Crippen LogP contribution in [-0.2, 0) is 0 Å². The molecule has 0 atom stereocenters. The highest BCUT2D eigenvalue weighted by atomic mass is 31.2. The number of benzene rings is 4. The van der Waals surface area contributed by atoms with Gasteiger partial charge in [0.15, 0.2) is 0 Å². The zero-order valence-electron chi connectivity index (χ0n) is 13.5. The molecule has 0 aliphatic rings. The minimum atomic E-state index is -1.92. The van der Waals surface area contributed by atoms with E-state index in [0.29, 0.717) is 0 Å². The molecule has 0 nitrogen and oxygen atoms in total. The van der Waals surface area contributed by atoms with Gasteiger partial charge in [0, 0.05) is 0 Å². The van der Waals surface area contributed by atoms with Gasteiger partial charge < -0.3 is 0 Å². The van der Waals surface area contributed by atoms with Crippen molar-refractivity contribution in [1.29, 1.82) is 0 Å². The molecule has 0 aromatic heterocycles. The van der Waals surface area contributed by atoms with E-state index < -0.39 is 6.89 Å². The summed E-state index contributed by atoms with van der Waals surface area (Å²) < 4.78 is 0. The fraction of sp³-hybridized carbons (Fsp3) is 0. The van der Waals surface area contributed by atoms with E-state index in [1.54, 1.807) is 0 Å². The lowest BCUT2D eigenvalue weighted by molar-refractivity contribution is 1.74. The van der Waals surface area contributed by atoms with Gasteiger partial charge in [0.25, 0.3) is 0 Å². The lowest BCUT2D eigenvalue weighted by Crippen LogP contribution is -2.25. The second-order valence-electron chi connectivity index (χ2n) is 5.98. The fourth-order valence-corrected chi connectivity index (χ4v) is 6.51.